The number of ether oxygens (including phenoxy) is 1. The van der Waals surface area contributed by atoms with Crippen molar-refractivity contribution in [3.63, 3.8) is 0 Å². The Morgan fingerprint density at radius 3 is 2.86 bits per heavy atom. The SMILES string of the molecule is CN(C)C(=O)CN=C(NCC1CCCCO1)N1CCCC2(CNC(=O)C2)C1.I. The Morgan fingerprint density at radius 2 is 2.21 bits per heavy atom. The van der Waals surface area contributed by atoms with Crippen molar-refractivity contribution >= 4 is 41.8 Å². The van der Waals surface area contributed by atoms with Gasteiger partial charge >= 0.3 is 0 Å². The fourth-order valence-electron chi connectivity index (χ4n) is 4.15. The molecule has 2 amide bonds. The van der Waals surface area contributed by atoms with Crippen molar-refractivity contribution in [3.05, 3.63) is 0 Å². The maximum absolute atomic E-state index is 12.0. The van der Waals surface area contributed by atoms with Crippen LogP contribution in [-0.2, 0) is 14.3 Å². The molecule has 3 rings (SSSR count). The standard InChI is InChI=1S/C19H33N5O3.HI/c1-23(2)17(26)12-21-18(20-11-15-6-3-4-9-27-15)24-8-5-7-19(14-24)10-16(25)22-13-19;/h15H,3-14H2,1-2H3,(H,20,21)(H,22,25);1H. The van der Waals surface area contributed by atoms with E-state index in [2.05, 4.69) is 20.5 Å². The van der Waals surface area contributed by atoms with Gasteiger partial charge in [-0.15, -0.1) is 24.0 Å². The van der Waals surface area contributed by atoms with Crippen LogP contribution in [0.1, 0.15) is 38.5 Å². The van der Waals surface area contributed by atoms with Crippen molar-refractivity contribution in [2.45, 2.75) is 44.6 Å². The van der Waals surface area contributed by atoms with Crippen LogP contribution in [0.25, 0.3) is 0 Å². The van der Waals surface area contributed by atoms with Gasteiger partial charge in [0.1, 0.15) is 6.54 Å². The van der Waals surface area contributed by atoms with Crippen LogP contribution in [0.5, 0.6) is 0 Å². The Hall–Kier alpha value is -1.10. The zero-order chi connectivity index (χ0) is 19.3. The minimum absolute atomic E-state index is 0. The van der Waals surface area contributed by atoms with E-state index in [1.807, 2.05) is 0 Å². The Balaban J connectivity index is 0.00000280. The summed E-state index contributed by atoms with van der Waals surface area (Å²) in [6.45, 7) is 4.07. The van der Waals surface area contributed by atoms with Crippen molar-refractivity contribution in [1.29, 1.82) is 0 Å². The third kappa shape index (κ3) is 6.20. The monoisotopic (exact) mass is 507 g/mol. The Bertz CT molecular complexity index is 580. The normalized spacial score (nSPS) is 27.9. The number of nitrogens with one attached hydrogen (secondary N) is 2. The number of nitrogens with zero attached hydrogens (tertiary/aromatic N) is 3. The van der Waals surface area contributed by atoms with Crippen LogP contribution in [0.15, 0.2) is 4.99 Å². The minimum atomic E-state index is -0.0207. The number of piperidine rings is 1. The fraction of sp³-hybridized carbons (Fsp3) is 0.842. The van der Waals surface area contributed by atoms with Gasteiger partial charge in [0, 0.05) is 58.7 Å². The number of carbonyl (C=O) groups excluding carboxylic acids is 2. The second-order valence-electron chi connectivity index (χ2n) is 8.28. The highest BCUT2D eigenvalue weighted by atomic mass is 127. The van der Waals surface area contributed by atoms with E-state index in [4.69, 9.17) is 4.74 Å². The molecular formula is C19H34IN5O3. The molecule has 0 aromatic rings. The lowest BCUT2D eigenvalue weighted by molar-refractivity contribution is -0.127. The second-order valence-corrected chi connectivity index (χ2v) is 8.28. The molecule has 2 unspecified atom stereocenters. The van der Waals surface area contributed by atoms with Gasteiger partial charge in [0.05, 0.1) is 6.10 Å². The number of hydrogen-bond acceptors (Lipinski definition) is 4. The molecule has 2 N–H and O–H groups in total. The Kier molecular flexibility index (Phi) is 8.79. The summed E-state index contributed by atoms with van der Waals surface area (Å²) in [5.41, 5.74) is -0.00925. The molecule has 9 heteroatoms. The quantitative estimate of drug-likeness (QED) is 0.334. The number of halogens is 1. The van der Waals surface area contributed by atoms with Gasteiger partial charge in [0.15, 0.2) is 5.96 Å². The molecular weight excluding hydrogens is 473 g/mol. The first-order valence-electron chi connectivity index (χ1n) is 10.1. The molecule has 3 heterocycles. The maximum atomic E-state index is 12.0. The zero-order valence-electron chi connectivity index (χ0n) is 17.0. The number of amides is 2. The van der Waals surface area contributed by atoms with Gasteiger partial charge in [-0.3, -0.25) is 9.59 Å². The van der Waals surface area contributed by atoms with E-state index in [0.717, 1.165) is 57.9 Å². The Labute approximate surface area is 184 Å². The van der Waals surface area contributed by atoms with Gasteiger partial charge in [0.25, 0.3) is 0 Å². The first-order valence-corrected chi connectivity index (χ1v) is 10.1. The molecule has 0 saturated carbocycles. The number of carbonyl (C=O) groups is 2. The molecule has 2 atom stereocenters. The summed E-state index contributed by atoms with van der Waals surface area (Å²) in [4.78, 5) is 32.2. The first-order chi connectivity index (χ1) is 13.0. The smallest absolute Gasteiger partial charge is 0.243 e. The van der Waals surface area contributed by atoms with E-state index in [0.29, 0.717) is 13.0 Å². The molecule has 160 valence electrons. The summed E-state index contributed by atoms with van der Waals surface area (Å²) in [6.07, 6.45) is 6.23. The number of rotatable bonds is 4. The number of likely N-dealkylation sites (tertiary alicyclic amines) is 1. The Morgan fingerprint density at radius 1 is 1.39 bits per heavy atom. The fourth-order valence-corrected chi connectivity index (χ4v) is 4.15. The number of likely N-dealkylation sites (N-methyl/N-ethyl adjacent to an activating group) is 1. The van der Waals surface area contributed by atoms with E-state index >= 15 is 0 Å². The molecule has 0 aromatic carbocycles. The molecule has 28 heavy (non-hydrogen) atoms. The maximum Gasteiger partial charge on any atom is 0.243 e. The van der Waals surface area contributed by atoms with Crippen LogP contribution in [-0.4, -0.2) is 87.1 Å². The van der Waals surface area contributed by atoms with Gasteiger partial charge in [-0.05, 0) is 32.1 Å². The van der Waals surface area contributed by atoms with Crippen molar-refractivity contribution < 1.29 is 14.3 Å². The van der Waals surface area contributed by atoms with Crippen LogP contribution in [0.3, 0.4) is 0 Å². The summed E-state index contributed by atoms with van der Waals surface area (Å²) in [7, 11) is 3.49. The molecule has 3 aliphatic heterocycles. The predicted molar refractivity (Wildman–Crippen MR) is 119 cm³/mol. The van der Waals surface area contributed by atoms with E-state index in [1.54, 1.807) is 19.0 Å². The first kappa shape index (κ1) is 23.2. The molecule has 0 aliphatic carbocycles. The molecule has 3 aliphatic rings. The van der Waals surface area contributed by atoms with Crippen molar-refractivity contribution in [3.8, 4) is 0 Å². The zero-order valence-corrected chi connectivity index (χ0v) is 19.4. The minimum Gasteiger partial charge on any atom is -0.376 e. The topological polar surface area (TPSA) is 86.3 Å². The lowest BCUT2D eigenvalue weighted by Crippen LogP contribution is -2.52. The van der Waals surface area contributed by atoms with Crippen LogP contribution < -0.4 is 10.6 Å². The van der Waals surface area contributed by atoms with Crippen LogP contribution in [0, 0.1) is 5.41 Å². The highest BCUT2D eigenvalue weighted by molar-refractivity contribution is 14.0. The van der Waals surface area contributed by atoms with E-state index in [1.165, 1.54) is 6.42 Å². The summed E-state index contributed by atoms with van der Waals surface area (Å²) in [6, 6.07) is 0. The molecule has 0 bridgehead atoms. The summed E-state index contributed by atoms with van der Waals surface area (Å²) in [5, 5.41) is 6.43. The van der Waals surface area contributed by atoms with E-state index in [-0.39, 0.29) is 53.9 Å². The largest absolute Gasteiger partial charge is 0.376 e. The van der Waals surface area contributed by atoms with Crippen molar-refractivity contribution in [1.82, 2.24) is 20.4 Å². The predicted octanol–water partition coefficient (Wildman–Crippen LogP) is 0.809. The lowest BCUT2D eigenvalue weighted by atomic mass is 9.79. The molecule has 1 spiro atoms. The highest BCUT2D eigenvalue weighted by Crippen LogP contribution is 2.36. The average molecular weight is 507 g/mol. The molecule has 3 fully saturated rings. The number of hydrogen-bond donors (Lipinski definition) is 2. The lowest BCUT2D eigenvalue weighted by Gasteiger charge is -2.41. The third-order valence-corrected chi connectivity index (χ3v) is 5.78. The van der Waals surface area contributed by atoms with Crippen LogP contribution >= 0.6 is 24.0 Å². The third-order valence-electron chi connectivity index (χ3n) is 5.78. The molecule has 3 saturated heterocycles. The number of aliphatic imine (C=N–C) groups is 1. The summed E-state index contributed by atoms with van der Waals surface area (Å²) < 4.78 is 5.82. The van der Waals surface area contributed by atoms with E-state index in [9.17, 15) is 9.59 Å². The average Bonchev–Trinajstić information content (AvgIpc) is 3.02. The summed E-state index contributed by atoms with van der Waals surface area (Å²) >= 11 is 0. The van der Waals surface area contributed by atoms with Crippen LogP contribution in [0.2, 0.25) is 0 Å². The van der Waals surface area contributed by atoms with Gasteiger partial charge < -0.3 is 25.2 Å². The van der Waals surface area contributed by atoms with Crippen molar-refractivity contribution in [2.24, 2.45) is 10.4 Å². The number of guanidine groups is 1. The second kappa shape index (κ2) is 10.6. The molecule has 0 aromatic heterocycles. The van der Waals surface area contributed by atoms with Gasteiger partial charge in [-0.25, -0.2) is 4.99 Å². The molecule has 8 nitrogen and oxygen atoms in total. The summed E-state index contributed by atoms with van der Waals surface area (Å²) in [5.74, 6) is 0.882. The van der Waals surface area contributed by atoms with Gasteiger partial charge in [-0.2, -0.15) is 0 Å². The van der Waals surface area contributed by atoms with Crippen molar-refractivity contribution in [2.75, 3.05) is 53.4 Å². The van der Waals surface area contributed by atoms with Crippen LogP contribution in [0.4, 0.5) is 0 Å². The van der Waals surface area contributed by atoms with Gasteiger partial charge in [0.2, 0.25) is 11.8 Å². The highest BCUT2D eigenvalue weighted by Gasteiger charge is 2.42. The molecule has 0 radical (unpaired) electrons. The van der Waals surface area contributed by atoms with E-state index < -0.39 is 0 Å². The van der Waals surface area contributed by atoms with Gasteiger partial charge in [-0.1, -0.05) is 0 Å².